The average molecular weight is 262 g/mol. The fraction of sp³-hybridized carbons (Fsp3) is 0.714. The molecule has 1 aliphatic carbocycles. The summed E-state index contributed by atoms with van der Waals surface area (Å²) in [6, 6.07) is 0.521. The Morgan fingerprint density at radius 2 is 2.32 bits per heavy atom. The van der Waals surface area contributed by atoms with Gasteiger partial charge in [-0.2, -0.15) is 0 Å². The standard InChI is InChI=1S/C14H22N4O/c1-2-5-18-6-3-4-9-7-11-10(8-12(9)18)13(19)17-14(15)16-11/h9,12H,2-8H2,1H3,(H3,15,16,17,19). The third-order valence-electron chi connectivity index (χ3n) is 4.53. The number of aromatic nitrogens is 2. The number of anilines is 1. The highest BCUT2D eigenvalue weighted by atomic mass is 16.1. The number of nitrogens with two attached hydrogens (primary N) is 1. The lowest BCUT2D eigenvalue weighted by molar-refractivity contribution is 0.0842. The first-order chi connectivity index (χ1) is 9.19. The zero-order chi connectivity index (χ0) is 13.4. The quantitative estimate of drug-likeness (QED) is 0.832. The van der Waals surface area contributed by atoms with Crippen molar-refractivity contribution < 1.29 is 0 Å². The molecule has 0 radical (unpaired) electrons. The summed E-state index contributed by atoms with van der Waals surface area (Å²) in [4.78, 5) is 21.6. The number of fused-ring (bicyclic) bond motifs is 2. The van der Waals surface area contributed by atoms with E-state index in [1.54, 1.807) is 0 Å². The van der Waals surface area contributed by atoms with Crippen LogP contribution in [-0.4, -0.2) is 34.0 Å². The summed E-state index contributed by atoms with van der Waals surface area (Å²) in [5, 5.41) is 0. The van der Waals surface area contributed by atoms with Crippen LogP contribution in [0.1, 0.15) is 37.4 Å². The third kappa shape index (κ3) is 2.27. The van der Waals surface area contributed by atoms with E-state index in [-0.39, 0.29) is 11.5 Å². The van der Waals surface area contributed by atoms with Crippen LogP contribution >= 0.6 is 0 Å². The van der Waals surface area contributed by atoms with Crippen LogP contribution in [0.15, 0.2) is 4.79 Å². The lowest BCUT2D eigenvalue weighted by Crippen LogP contribution is -2.50. The summed E-state index contributed by atoms with van der Waals surface area (Å²) in [6.07, 6.45) is 5.43. The molecular formula is C14H22N4O. The minimum atomic E-state index is -0.0389. The summed E-state index contributed by atoms with van der Waals surface area (Å²) in [6.45, 7) is 4.52. The first-order valence-corrected chi connectivity index (χ1v) is 7.30. The second kappa shape index (κ2) is 4.96. The smallest absolute Gasteiger partial charge is 0.255 e. The Kier molecular flexibility index (Phi) is 3.31. The Balaban J connectivity index is 1.93. The molecule has 19 heavy (non-hydrogen) atoms. The van der Waals surface area contributed by atoms with Crippen molar-refractivity contribution in [2.45, 2.75) is 45.1 Å². The first-order valence-electron chi connectivity index (χ1n) is 7.30. The molecule has 0 saturated carbocycles. The molecule has 1 aromatic rings. The van der Waals surface area contributed by atoms with Gasteiger partial charge in [-0.1, -0.05) is 6.92 Å². The number of nitrogen functional groups attached to an aromatic ring is 1. The van der Waals surface area contributed by atoms with Crippen LogP contribution < -0.4 is 11.3 Å². The van der Waals surface area contributed by atoms with Gasteiger partial charge in [0, 0.05) is 11.6 Å². The zero-order valence-electron chi connectivity index (χ0n) is 11.5. The van der Waals surface area contributed by atoms with Gasteiger partial charge in [0.25, 0.3) is 5.56 Å². The van der Waals surface area contributed by atoms with Crippen molar-refractivity contribution in [1.29, 1.82) is 0 Å². The van der Waals surface area contributed by atoms with Gasteiger partial charge < -0.3 is 5.73 Å². The Labute approximate surface area is 113 Å². The molecular weight excluding hydrogens is 240 g/mol. The van der Waals surface area contributed by atoms with E-state index in [9.17, 15) is 4.79 Å². The lowest BCUT2D eigenvalue weighted by Gasteiger charge is -2.44. The van der Waals surface area contributed by atoms with Gasteiger partial charge >= 0.3 is 0 Å². The Bertz CT molecular complexity index is 523. The molecule has 1 aliphatic heterocycles. The number of nitrogens with one attached hydrogen (secondary N) is 1. The molecule has 0 aromatic carbocycles. The van der Waals surface area contributed by atoms with E-state index in [0.29, 0.717) is 12.0 Å². The van der Waals surface area contributed by atoms with Crippen LogP contribution in [0.2, 0.25) is 0 Å². The van der Waals surface area contributed by atoms with Gasteiger partial charge in [-0.3, -0.25) is 14.7 Å². The molecule has 3 rings (SSSR count). The number of nitrogens with zero attached hydrogens (tertiary/aromatic N) is 2. The maximum Gasteiger partial charge on any atom is 0.255 e. The summed E-state index contributed by atoms with van der Waals surface area (Å²) in [5.74, 6) is 0.893. The fourth-order valence-corrected chi connectivity index (χ4v) is 3.71. The van der Waals surface area contributed by atoms with Crippen LogP contribution in [0.25, 0.3) is 0 Å². The monoisotopic (exact) mass is 262 g/mol. The average Bonchev–Trinajstić information content (AvgIpc) is 2.37. The molecule has 2 heterocycles. The molecule has 5 nitrogen and oxygen atoms in total. The van der Waals surface area contributed by atoms with E-state index in [2.05, 4.69) is 21.8 Å². The normalized spacial score (nSPS) is 26.8. The minimum absolute atomic E-state index is 0.0389. The van der Waals surface area contributed by atoms with Gasteiger partial charge in [0.15, 0.2) is 0 Å². The molecule has 0 bridgehead atoms. The summed E-state index contributed by atoms with van der Waals surface area (Å²) in [7, 11) is 0. The van der Waals surface area contributed by atoms with Crippen molar-refractivity contribution in [1.82, 2.24) is 14.9 Å². The molecule has 1 saturated heterocycles. The first kappa shape index (κ1) is 12.7. The number of piperidine rings is 1. The Hall–Kier alpha value is -1.36. The van der Waals surface area contributed by atoms with Crippen molar-refractivity contribution in [3.63, 3.8) is 0 Å². The molecule has 0 amide bonds. The van der Waals surface area contributed by atoms with Crippen LogP contribution in [0.4, 0.5) is 5.95 Å². The van der Waals surface area contributed by atoms with Crippen molar-refractivity contribution >= 4 is 5.95 Å². The topological polar surface area (TPSA) is 75.0 Å². The van der Waals surface area contributed by atoms with Crippen molar-refractivity contribution in [2.24, 2.45) is 5.92 Å². The second-order valence-electron chi connectivity index (χ2n) is 5.79. The minimum Gasteiger partial charge on any atom is -0.369 e. The maximum atomic E-state index is 12.0. The number of aromatic amines is 1. The van der Waals surface area contributed by atoms with E-state index in [4.69, 9.17) is 5.73 Å². The van der Waals surface area contributed by atoms with Gasteiger partial charge in [0.05, 0.1) is 5.69 Å². The number of rotatable bonds is 2. The van der Waals surface area contributed by atoms with Crippen LogP contribution in [0, 0.1) is 5.92 Å². The van der Waals surface area contributed by atoms with E-state index >= 15 is 0 Å². The van der Waals surface area contributed by atoms with E-state index in [0.717, 1.165) is 30.6 Å². The Morgan fingerprint density at radius 3 is 3.11 bits per heavy atom. The lowest BCUT2D eigenvalue weighted by atomic mass is 9.77. The molecule has 5 heteroatoms. The molecule has 2 aliphatic rings. The molecule has 1 aromatic heterocycles. The van der Waals surface area contributed by atoms with Crippen LogP contribution in [0.5, 0.6) is 0 Å². The number of H-pyrrole nitrogens is 1. The predicted molar refractivity (Wildman–Crippen MR) is 75.1 cm³/mol. The summed E-state index contributed by atoms with van der Waals surface area (Å²) >= 11 is 0. The highest BCUT2D eigenvalue weighted by molar-refractivity contribution is 5.29. The fourth-order valence-electron chi connectivity index (χ4n) is 3.71. The van der Waals surface area contributed by atoms with Crippen molar-refractivity contribution in [3.05, 3.63) is 21.6 Å². The number of hydrogen-bond donors (Lipinski definition) is 2. The molecule has 3 N–H and O–H groups in total. The van der Waals surface area contributed by atoms with Gasteiger partial charge in [-0.25, -0.2) is 4.98 Å². The second-order valence-corrected chi connectivity index (χ2v) is 5.79. The van der Waals surface area contributed by atoms with E-state index < -0.39 is 0 Å². The number of likely N-dealkylation sites (tertiary alicyclic amines) is 1. The molecule has 104 valence electrons. The molecule has 2 unspecified atom stereocenters. The predicted octanol–water partition coefficient (Wildman–Crippen LogP) is 0.941. The van der Waals surface area contributed by atoms with Gasteiger partial charge in [0.1, 0.15) is 0 Å². The van der Waals surface area contributed by atoms with Gasteiger partial charge in [-0.15, -0.1) is 0 Å². The maximum absolute atomic E-state index is 12.0. The van der Waals surface area contributed by atoms with E-state index in [1.807, 2.05) is 0 Å². The largest absolute Gasteiger partial charge is 0.369 e. The van der Waals surface area contributed by atoms with Gasteiger partial charge in [0.2, 0.25) is 5.95 Å². The summed E-state index contributed by atoms with van der Waals surface area (Å²) < 4.78 is 0. The molecule has 2 atom stereocenters. The van der Waals surface area contributed by atoms with Crippen LogP contribution in [0.3, 0.4) is 0 Å². The molecule has 0 spiro atoms. The number of hydrogen-bond acceptors (Lipinski definition) is 4. The van der Waals surface area contributed by atoms with Crippen molar-refractivity contribution in [2.75, 3.05) is 18.8 Å². The SMILES string of the molecule is CCCN1CCCC2Cc3nc(N)[nH]c(=O)c3CC21. The third-order valence-corrected chi connectivity index (χ3v) is 4.53. The van der Waals surface area contributed by atoms with Crippen molar-refractivity contribution in [3.8, 4) is 0 Å². The summed E-state index contributed by atoms with van der Waals surface area (Å²) in [5.41, 5.74) is 7.40. The van der Waals surface area contributed by atoms with Crippen LogP contribution in [-0.2, 0) is 12.8 Å². The van der Waals surface area contributed by atoms with E-state index in [1.165, 1.54) is 25.8 Å². The Morgan fingerprint density at radius 1 is 1.47 bits per heavy atom. The zero-order valence-corrected chi connectivity index (χ0v) is 11.5. The molecule has 1 fully saturated rings. The van der Waals surface area contributed by atoms with Gasteiger partial charge in [-0.05, 0) is 51.1 Å². The highest BCUT2D eigenvalue weighted by Gasteiger charge is 2.36. The highest BCUT2D eigenvalue weighted by Crippen LogP contribution is 2.33.